The molecule has 78 valence electrons. The molecule has 0 fully saturated rings. The van der Waals surface area contributed by atoms with Gasteiger partial charge in [-0.3, -0.25) is 15.1 Å². The lowest BCUT2D eigenvalue weighted by Crippen LogP contribution is -2.47. The number of rotatable bonds is 4. The minimum atomic E-state index is -0.782. The number of nitrogens with zero attached hydrogens (tertiary/aromatic N) is 1. The lowest BCUT2D eigenvalue weighted by atomic mass is 10.2. The van der Waals surface area contributed by atoms with Crippen molar-refractivity contribution in [2.45, 2.75) is 5.66 Å². The molecular weight excluding hydrogens is 190 g/mol. The number of carbonyl (C=O) groups is 1. The molecule has 1 atom stereocenters. The molecule has 0 spiro atoms. The molecule has 0 radical (unpaired) electrons. The van der Waals surface area contributed by atoms with Crippen LogP contribution in [0.4, 0.5) is 5.69 Å². The van der Waals surface area contributed by atoms with Crippen LogP contribution in [0.25, 0.3) is 0 Å². The Bertz CT molecular complexity index is 363. The molecule has 0 aromatic heterocycles. The summed E-state index contributed by atoms with van der Waals surface area (Å²) in [5.41, 5.74) is 0.207. The van der Waals surface area contributed by atoms with Crippen molar-refractivity contribution < 1.29 is 4.79 Å². The van der Waals surface area contributed by atoms with Crippen LogP contribution in [-0.2, 0) is 4.79 Å². The maximum Gasteiger partial charge on any atom is 0.183 e. The Morgan fingerprint density at radius 1 is 1.47 bits per heavy atom. The highest BCUT2D eigenvalue weighted by atomic mass is 16.1. The Balaban J connectivity index is 1.98. The molecule has 4 nitrogen and oxygen atoms in total. The van der Waals surface area contributed by atoms with E-state index < -0.39 is 5.66 Å². The van der Waals surface area contributed by atoms with Crippen molar-refractivity contribution in [2.75, 3.05) is 18.4 Å². The minimum absolute atomic E-state index is 0.469. The van der Waals surface area contributed by atoms with E-state index in [4.69, 9.17) is 0 Å². The SMILES string of the molecule is O=CC1(CNc2ccccc2)N=CCN1. The van der Waals surface area contributed by atoms with Gasteiger partial charge in [-0.15, -0.1) is 0 Å². The number of nitrogens with one attached hydrogen (secondary N) is 2. The van der Waals surface area contributed by atoms with Gasteiger partial charge in [-0.2, -0.15) is 0 Å². The van der Waals surface area contributed by atoms with Gasteiger partial charge in [0.05, 0.1) is 6.54 Å². The largest absolute Gasteiger partial charge is 0.381 e. The van der Waals surface area contributed by atoms with Gasteiger partial charge in [0, 0.05) is 18.4 Å². The summed E-state index contributed by atoms with van der Waals surface area (Å²) in [5.74, 6) is 0. The summed E-state index contributed by atoms with van der Waals surface area (Å²) in [5, 5.41) is 6.21. The monoisotopic (exact) mass is 203 g/mol. The summed E-state index contributed by atoms with van der Waals surface area (Å²) in [7, 11) is 0. The maximum absolute atomic E-state index is 10.9. The summed E-state index contributed by atoms with van der Waals surface area (Å²) in [6, 6.07) is 9.75. The highest BCUT2D eigenvalue weighted by molar-refractivity contribution is 5.75. The van der Waals surface area contributed by atoms with Crippen molar-refractivity contribution in [3.63, 3.8) is 0 Å². The second-order valence-electron chi connectivity index (χ2n) is 3.45. The third kappa shape index (κ3) is 2.22. The lowest BCUT2D eigenvalue weighted by Gasteiger charge is -2.20. The zero-order chi connectivity index (χ0) is 10.6. The first-order valence-electron chi connectivity index (χ1n) is 4.89. The molecule has 2 rings (SSSR count). The Morgan fingerprint density at radius 3 is 2.87 bits per heavy atom. The molecule has 0 aliphatic carbocycles. The minimum Gasteiger partial charge on any atom is -0.381 e. The van der Waals surface area contributed by atoms with Crippen LogP contribution in [0.2, 0.25) is 0 Å². The van der Waals surface area contributed by atoms with Gasteiger partial charge in [-0.1, -0.05) is 18.2 Å². The van der Waals surface area contributed by atoms with E-state index in [1.165, 1.54) is 0 Å². The smallest absolute Gasteiger partial charge is 0.183 e. The average molecular weight is 203 g/mol. The van der Waals surface area contributed by atoms with E-state index >= 15 is 0 Å². The van der Waals surface area contributed by atoms with Gasteiger partial charge in [0.1, 0.15) is 0 Å². The molecule has 1 aromatic carbocycles. The quantitative estimate of drug-likeness (QED) is 0.707. The van der Waals surface area contributed by atoms with Crippen LogP contribution in [0.5, 0.6) is 0 Å². The fourth-order valence-electron chi connectivity index (χ4n) is 1.49. The molecular formula is C11H13N3O. The van der Waals surface area contributed by atoms with E-state index in [9.17, 15) is 4.79 Å². The van der Waals surface area contributed by atoms with Crippen molar-refractivity contribution >= 4 is 18.2 Å². The number of aldehydes is 1. The average Bonchev–Trinajstić information content (AvgIpc) is 2.77. The Labute approximate surface area is 88.4 Å². The van der Waals surface area contributed by atoms with Crippen LogP contribution in [-0.4, -0.2) is 31.3 Å². The van der Waals surface area contributed by atoms with Crippen molar-refractivity contribution in [3.05, 3.63) is 30.3 Å². The second-order valence-corrected chi connectivity index (χ2v) is 3.45. The third-order valence-corrected chi connectivity index (χ3v) is 2.35. The van der Waals surface area contributed by atoms with E-state index in [1.807, 2.05) is 30.3 Å². The number of carbonyl (C=O) groups excluding carboxylic acids is 1. The maximum atomic E-state index is 10.9. The first-order valence-corrected chi connectivity index (χ1v) is 4.89. The van der Waals surface area contributed by atoms with E-state index in [1.54, 1.807) is 6.21 Å². The number of hydrogen-bond acceptors (Lipinski definition) is 4. The fourth-order valence-corrected chi connectivity index (χ4v) is 1.49. The molecule has 1 aliphatic heterocycles. The number of benzene rings is 1. The molecule has 0 saturated heterocycles. The molecule has 1 aromatic rings. The molecule has 0 saturated carbocycles. The normalized spacial score (nSPS) is 24.0. The van der Waals surface area contributed by atoms with Crippen molar-refractivity contribution in [3.8, 4) is 0 Å². The topological polar surface area (TPSA) is 53.5 Å². The van der Waals surface area contributed by atoms with Crippen LogP contribution < -0.4 is 10.6 Å². The Morgan fingerprint density at radius 2 is 2.27 bits per heavy atom. The molecule has 4 heteroatoms. The van der Waals surface area contributed by atoms with Crippen molar-refractivity contribution in [1.82, 2.24) is 5.32 Å². The van der Waals surface area contributed by atoms with Crippen molar-refractivity contribution in [2.24, 2.45) is 4.99 Å². The summed E-state index contributed by atoms with van der Waals surface area (Å²) in [6.07, 6.45) is 2.56. The van der Waals surface area contributed by atoms with Crippen LogP contribution in [0.3, 0.4) is 0 Å². The van der Waals surface area contributed by atoms with E-state index in [0.29, 0.717) is 13.1 Å². The first-order chi connectivity index (χ1) is 7.35. The van der Waals surface area contributed by atoms with E-state index in [2.05, 4.69) is 15.6 Å². The van der Waals surface area contributed by atoms with Gasteiger partial charge in [0.15, 0.2) is 11.9 Å². The van der Waals surface area contributed by atoms with Gasteiger partial charge in [-0.25, -0.2) is 0 Å². The van der Waals surface area contributed by atoms with Crippen LogP contribution in [0.1, 0.15) is 0 Å². The van der Waals surface area contributed by atoms with Crippen LogP contribution in [0.15, 0.2) is 35.3 Å². The molecule has 0 amide bonds. The standard InChI is InChI=1S/C11H13N3O/c15-9-11(13-6-7-14-11)8-12-10-4-2-1-3-5-10/h1-6,9,12,14H,7-8H2. The van der Waals surface area contributed by atoms with Crippen LogP contribution >= 0.6 is 0 Å². The predicted molar refractivity (Wildman–Crippen MR) is 60.2 cm³/mol. The van der Waals surface area contributed by atoms with E-state index in [-0.39, 0.29) is 0 Å². The highest BCUT2D eigenvalue weighted by Crippen LogP contribution is 2.10. The van der Waals surface area contributed by atoms with Gasteiger partial charge in [0.2, 0.25) is 0 Å². The molecule has 1 aliphatic rings. The number of para-hydroxylation sites is 1. The Hall–Kier alpha value is -1.68. The first kappa shape index (κ1) is 9.86. The predicted octanol–water partition coefficient (Wildman–Crippen LogP) is 0.668. The van der Waals surface area contributed by atoms with E-state index in [0.717, 1.165) is 12.0 Å². The molecule has 1 heterocycles. The molecule has 15 heavy (non-hydrogen) atoms. The lowest BCUT2D eigenvalue weighted by molar-refractivity contribution is -0.112. The van der Waals surface area contributed by atoms with Gasteiger partial charge >= 0.3 is 0 Å². The summed E-state index contributed by atoms with van der Waals surface area (Å²) in [4.78, 5) is 15.1. The Kier molecular flexibility index (Phi) is 2.78. The highest BCUT2D eigenvalue weighted by Gasteiger charge is 2.30. The summed E-state index contributed by atoms with van der Waals surface area (Å²) >= 11 is 0. The molecule has 2 N–H and O–H groups in total. The summed E-state index contributed by atoms with van der Waals surface area (Å²) in [6.45, 7) is 1.12. The van der Waals surface area contributed by atoms with Gasteiger partial charge in [-0.05, 0) is 12.1 Å². The second kappa shape index (κ2) is 4.23. The van der Waals surface area contributed by atoms with Gasteiger partial charge < -0.3 is 5.32 Å². The summed E-state index contributed by atoms with van der Waals surface area (Å²) < 4.78 is 0. The van der Waals surface area contributed by atoms with Crippen molar-refractivity contribution in [1.29, 1.82) is 0 Å². The number of aliphatic imine (C=N–C) groups is 1. The zero-order valence-electron chi connectivity index (χ0n) is 8.31. The van der Waals surface area contributed by atoms with Gasteiger partial charge in [0.25, 0.3) is 0 Å². The zero-order valence-corrected chi connectivity index (χ0v) is 8.31. The number of anilines is 1. The molecule has 0 bridgehead atoms. The fraction of sp³-hybridized carbons (Fsp3) is 0.273. The van der Waals surface area contributed by atoms with Crippen LogP contribution in [0, 0.1) is 0 Å². The third-order valence-electron chi connectivity index (χ3n) is 2.35. The molecule has 1 unspecified atom stereocenters. The number of hydrogen-bond donors (Lipinski definition) is 2.